The predicted molar refractivity (Wildman–Crippen MR) is 127 cm³/mol. The van der Waals surface area contributed by atoms with E-state index in [0.29, 0.717) is 23.6 Å². The van der Waals surface area contributed by atoms with Gasteiger partial charge in [0.15, 0.2) is 5.16 Å². The number of hydrogen-bond acceptors (Lipinski definition) is 6. The van der Waals surface area contributed by atoms with Crippen LogP contribution in [0.4, 0.5) is 0 Å². The summed E-state index contributed by atoms with van der Waals surface area (Å²) in [5.74, 6) is 0.135. The number of hydrogen-bond donors (Lipinski definition) is 1. The van der Waals surface area contributed by atoms with Crippen molar-refractivity contribution in [2.45, 2.75) is 32.1 Å². The fourth-order valence-electron chi connectivity index (χ4n) is 3.10. The van der Waals surface area contributed by atoms with Crippen molar-refractivity contribution in [3.05, 3.63) is 68.6 Å². The van der Waals surface area contributed by atoms with Crippen LogP contribution < -0.4 is 10.9 Å². The molecule has 3 heterocycles. The van der Waals surface area contributed by atoms with Crippen LogP contribution in [0.2, 0.25) is 0 Å². The smallest absolute Gasteiger partial charge is 0.263 e. The molecular formula is C22H21N3O2S3. The minimum absolute atomic E-state index is 0.0466. The second-order valence-electron chi connectivity index (χ2n) is 6.80. The first-order valence-corrected chi connectivity index (χ1v) is 12.3. The predicted octanol–water partition coefficient (Wildman–Crippen LogP) is 4.92. The van der Waals surface area contributed by atoms with Crippen molar-refractivity contribution in [2.75, 3.05) is 5.75 Å². The van der Waals surface area contributed by atoms with E-state index in [0.717, 1.165) is 20.8 Å². The van der Waals surface area contributed by atoms with Crippen molar-refractivity contribution in [2.24, 2.45) is 0 Å². The minimum Gasteiger partial charge on any atom is -0.351 e. The molecule has 8 heteroatoms. The summed E-state index contributed by atoms with van der Waals surface area (Å²) >= 11 is 4.39. The van der Waals surface area contributed by atoms with Gasteiger partial charge in [0.05, 0.1) is 11.1 Å². The Labute approximate surface area is 186 Å². The molecule has 0 bridgehead atoms. The van der Waals surface area contributed by atoms with E-state index >= 15 is 0 Å². The number of thioether (sulfide) groups is 1. The molecule has 154 valence electrons. The van der Waals surface area contributed by atoms with Crippen molar-refractivity contribution in [3.63, 3.8) is 0 Å². The van der Waals surface area contributed by atoms with Crippen LogP contribution in [0.25, 0.3) is 20.7 Å². The van der Waals surface area contributed by atoms with Crippen LogP contribution in [0.3, 0.4) is 0 Å². The Morgan fingerprint density at radius 1 is 1.20 bits per heavy atom. The molecule has 0 saturated heterocycles. The molecule has 1 N–H and O–H groups in total. The summed E-state index contributed by atoms with van der Waals surface area (Å²) in [6, 6.07) is 12.1. The Balaban J connectivity index is 1.50. The first-order valence-electron chi connectivity index (χ1n) is 9.57. The number of carbonyl (C=O) groups is 1. The molecule has 1 amide bonds. The highest BCUT2D eigenvalue weighted by molar-refractivity contribution is 7.99. The topological polar surface area (TPSA) is 64.0 Å². The zero-order valence-corrected chi connectivity index (χ0v) is 19.1. The second-order valence-corrected chi connectivity index (χ2v) is 9.55. The Hall–Kier alpha value is -2.42. The highest BCUT2D eigenvalue weighted by Crippen LogP contribution is 2.34. The third-order valence-corrected chi connectivity index (χ3v) is 7.46. The van der Waals surface area contributed by atoms with E-state index in [1.807, 2.05) is 61.0 Å². The summed E-state index contributed by atoms with van der Waals surface area (Å²) < 4.78 is 1.66. The summed E-state index contributed by atoms with van der Waals surface area (Å²) in [6.07, 6.45) is 0. The summed E-state index contributed by atoms with van der Waals surface area (Å²) in [7, 11) is 0. The molecular weight excluding hydrogens is 434 g/mol. The van der Waals surface area contributed by atoms with Crippen molar-refractivity contribution in [1.82, 2.24) is 14.9 Å². The zero-order chi connectivity index (χ0) is 21.1. The van der Waals surface area contributed by atoms with Gasteiger partial charge in [-0.2, -0.15) is 0 Å². The van der Waals surface area contributed by atoms with Gasteiger partial charge in [-0.05, 0) is 30.9 Å². The first-order chi connectivity index (χ1) is 14.6. The number of nitrogens with one attached hydrogen (secondary N) is 1. The Morgan fingerprint density at radius 2 is 2.00 bits per heavy atom. The summed E-state index contributed by atoms with van der Waals surface area (Å²) in [5.41, 5.74) is 3.14. The molecule has 0 radical (unpaired) electrons. The lowest BCUT2D eigenvalue weighted by Gasteiger charge is -2.10. The van der Waals surface area contributed by atoms with Gasteiger partial charge in [-0.1, -0.05) is 47.7 Å². The molecule has 0 saturated carbocycles. The minimum atomic E-state index is -0.0805. The van der Waals surface area contributed by atoms with Gasteiger partial charge < -0.3 is 5.32 Å². The van der Waals surface area contributed by atoms with Gasteiger partial charge >= 0.3 is 0 Å². The van der Waals surface area contributed by atoms with E-state index in [1.54, 1.807) is 15.9 Å². The van der Waals surface area contributed by atoms with Gasteiger partial charge in [0.1, 0.15) is 4.83 Å². The van der Waals surface area contributed by atoms with Crippen molar-refractivity contribution >= 4 is 50.6 Å². The van der Waals surface area contributed by atoms with Crippen molar-refractivity contribution in [1.29, 1.82) is 0 Å². The van der Waals surface area contributed by atoms with Gasteiger partial charge in [-0.3, -0.25) is 14.2 Å². The van der Waals surface area contributed by atoms with Crippen LogP contribution in [0, 0.1) is 6.92 Å². The number of aromatic nitrogens is 2. The lowest BCUT2D eigenvalue weighted by molar-refractivity contribution is -0.118. The van der Waals surface area contributed by atoms with Gasteiger partial charge in [0, 0.05) is 28.9 Å². The molecule has 0 fully saturated rings. The summed E-state index contributed by atoms with van der Waals surface area (Å²) in [6.45, 7) is 4.96. The molecule has 0 aliphatic rings. The van der Waals surface area contributed by atoms with E-state index < -0.39 is 0 Å². The van der Waals surface area contributed by atoms with Crippen LogP contribution in [0.5, 0.6) is 0 Å². The molecule has 0 aliphatic carbocycles. The largest absolute Gasteiger partial charge is 0.351 e. The van der Waals surface area contributed by atoms with Gasteiger partial charge in [-0.25, -0.2) is 4.98 Å². The Morgan fingerprint density at radius 3 is 2.70 bits per heavy atom. The zero-order valence-electron chi connectivity index (χ0n) is 16.7. The van der Waals surface area contributed by atoms with Crippen LogP contribution in [-0.2, 0) is 17.9 Å². The van der Waals surface area contributed by atoms with Crippen molar-refractivity contribution < 1.29 is 4.79 Å². The van der Waals surface area contributed by atoms with E-state index in [9.17, 15) is 9.59 Å². The quantitative estimate of drug-likeness (QED) is 0.317. The Kier molecular flexibility index (Phi) is 6.36. The molecule has 3 aromatic heterocycles. The number of aryl methyl sites for hydroxylation is 1. The van der Waals surface area contributed by atoms with Gasteiger partial charge in [-0.15, -0.1) is 22.7 Å². The van der Waals surface area contributed by atoms with E-state index in [2.05, 4.69) is 5.32 Å². The SMILES string of the molecule is CCn1c(SCC(=O)NCc2ccc(C)cc2)nc2scc(-c3cccs3)c2c1=O. The fraction of sp³-hybridized carbons (Fsp3) is 0.227. The highest BCUT2D eigenvalue weighted by Gasteiger charge is 2.18. The number of carbonyl (C=O) groups excluding carboxylic acids is 1. The Bertz CT molecular complexity index is 1230. The molecule has 1 aromatic carbocycles. The van der Waals surface area contributed by atoms with E-state index in [1.165, 1.54) is 28.7 Å². The van der Waals surface area contributed by atoms with Crippen LogP contribution >= 0.6 is 34.4 Å². The molecule has 30 heavy (non-hydrogen) atoms. The molecule has 4 aromatic rings. The molecule has 0 unspecified atom stereocenters. The fourth-order valence-corrected chi connectivity index (χ4v) is 5.79. The van der Waals surface area contributed by atoms with Crippen LogP contribution in [0.1, 0.15) is 18.1 Å². The molecule has 5 nitrogen and oxygen atoms in total. The number of fused-ring (bicyclic) bond motifs is 1. The molecule has 4 rings (SSSR count). The van der Waals surface area contributed by atoms with Crippen molar-refractivity contribution in [3.8, 4) is 10.4 Å². The lowest BCUT2D eigenvalue weighted by Crippen LogP contribution is -2.26. The van der Waals surface area contributed by atoms with E-state index in [-0.39, 0.29) is 17.2 Å². The number of thiophene rings is 2. The van der Waals surface area contributed by atoms with Crippen LogP contribution in [0.15, 0.2) is 57.1 Å². The number of amides is 1. The maximum Gasteiger partial charge on any atom is 0.263 e. The third kappa shape index (κ3) is 4.35. The standard InChI is InChI=1S/C22H21N3O2S3/c1-3-25-21(27)19-16(17-5-4-10-28-17)12-29-20(19)24-22(25)30-13-18(26)23-11-15-8-6-14(2)7-9-15/h4-10,12H,3,11,13H2,1-2H3,(H,23,26). The lowest BCUT2D eigenvalue weighted by atomic mass is 10.1. The van der Waals surface area contributed by atoms with Gasteiger partial charge in [0.2, 0.25) is 5.91 Å². The monoisotopic (exact) mass is 455 g/mol. The average Bonchev–Trinajstić information content (AvgIpc) is 3.41. The number of benzene rings is 1. The maximum absolute atomic E-state index is 13.2. The second kappa shape index (κ2) is 9.16. The maximum atomic E-state index is 13.2. The highest BCUT2D eigenvalue weighted by atomic mass is 32.2. The summed E-state index contributed by atoms with van der Waals surface area (Å²) in [4.78, 5) is 32.0. The summed E-state index contributed by atoms with van der Waals surface area (Å²) in [5, 5.41) is 8.18. The van der Waals surface area contributed by atoms with Gasteiger partial charge in [0.25, 0.3) is 5.56 Å². The third-order valence-electron chi connectivity index (χ3n) is 4.70. The normalized spacial score (nSPS) is 11.1. The molecule has 0 spiro atoms. The molecule has 0 atom stereocenters. The number of nitrogens with zero attached hydrogens (tertiary/aromatic N) is 2. The number of rotatable bonds is 7. The van der Waals surface area contributed by atoms with E-state index in [4.69, 9.17) is 4.98 Å². The first kappa shape index (κ1) is 20.8. The van der Waals surface area contributed by atoms with Crippen LogP contribution in [-0.4, -0.2) is 21.2 Å². The average molecular weight is 456 g/mol. The molecule has 0 aliphatic heterocycles.